The molecule has 1 aliphatic heterocycles. The minimum atomic E-state index is 0. The van der Waals surface area contributed by atoms with E-state index in [2.05, 4.69) is 38.2 Å². The third kappa shape index (κ3) is 6.83. The van der Waals surface area contributed by atoms with E-state index in [1.165, 1.54) is 0 Å². The highest BCUT2D eigenvalue weighted by Crippen LogP contribution is 2.23. The van der Waals surface area contributed by atoms with Crippen LogP contribution in [-0.2, 0) is 6.54 Å². The van der Waals surface area contributed by atoms with E-state index in [0.29, 0.717) is 12.5 Å². The normalized spacial score (nSPS) is 14.5. The van der Waals surface area contributed by atoms with Gasteiger partial charge in [0.2, 0.25) is 0 Å². The average Bonchev–Trinajstić information content (AvgIpc) is 2.79. The van der Waals surface area contributed by atoms with E-state index in [9.17, 15) is 0 Å². The summed E-state index contributed by atoms with van der Waals surface area (Å²) < 4.78 is 5.87. The fourth-order valence-corrected chi connectivity index (χ4v) is 3.39. The molecule has 0 atom stereocenters. The first-order valence-corrected chi connectivity index (χ1v) is 10.4. The molecule has 3 N–H and O–H groups in total. The number of benzene rings is 2. The van der Waals surface area contributed by atoms with E-state index in [4.69, 9.17) is 10.5 Å². The van der Waals surface area contributed by atoms with Crippen LogP contribution in [0.2, 0.25) is 0 Å². The first-order valence-electron chi connectivity index (χ1n) is 10.4. The number of anilines is 2. The van der Waals surface area contributed by atoms with Crippen molar-refractivity contribution in [1.82, 2.24) is 9.88 Å². The summed E-state index contributed by atoms with van der Waals surface area (Å²) >= 11 is 0. The van der Waals surface area contributed by atoms with Crippen molar-refractivity contribution in [2.75, 3.05) is 43.4 Å². The zero-order valence-electron chi connectivity index (χ0n) is 18.1. The molecular formula is C24H29IN6O. The number of guanidine groups is 1. The molecule has 0 bridgehead atoms. The van der Waals surface area contributed by atoms with Crippen molar-refractivity contribution >= 4 is 41.4 Å². The van der Waals surface area contributed by atoms with Gasteiger partial charge in [-0.05, 0) is 49.0 Å². The van der Waals surface area contributed by atoms with Crippen LogP contribution in [0.3, 0.4) is 0 Å². The molecule has 168 valence electrons. The summed E-state index contributed by atoms with van der Waals surface area (Å²) in [5, 5.41) is 3.14. The quantitative estimate of drug-likeness (QED) is 0.276. The number of hydrogen-bond donors (Lipinski definition) is 2. The van der Waals surface area contributed by atoms with Gasteiger partial charge in [0.25, 0.3) is 0 Å². The lowest BCUT2D eigenvalue weighted by Gasteiger charge is -2.33. The Morgan fingerprint density at radius 3 is 2.53 bits per heavy atom. The van der Waals surface area contributed by atoms with Gasteiger partial charge < -0.3 is 25.6 Å². The van der Waals surface area contributed by atoms with Crippen LogP contribution in [-0.4, -0.2) is 49.1 Å². The molecule has 1 saturated heterocycles. The van der Waals surface area contributed by atoms with Crippen LogP contribution in [0.4, 0.5) is 11.5 Å². The Balaban J connectivity index is 0.00000289. The largest absolute Gasteiger partial charge is 0.457 e. The van der Waals surface area contributed by atoms with Gasteiger partial charge >= 0.3 is 0 Å². The van der Waals surface area contributed by atoms with E-state index in [0.717, 1.165) is 54.7 Å². The van der Waals surface area contributed by atoms with Gasteiger partial charge in [-0.15, -0.1) is 24.0 Å². The van der Waals surface area contributed by atoms with Crippen molar-refractivity contribution in [2.24, 2.45) is 10.7 Å². The molecule has 0 spiro atoms. The molecule has 4 rings (SSSR count). The van der Waals surface area contributed by atoms with Gasteiger partial charge in [0.15, 0.2) is 5.96 Å². The van der Waals surface area contributed by atoms with Crippen LogP contribution in [0.1, 0.15) is 5.56 Å². The molecule has 3 aromatic rings. The number of ether oxygens (including phenoxy) is 1. The second-order valence-electron chi connectivity index (χ2n) is 7.58. The first-order chi connectivity index (χ1) is 15.2. The van der Waals surface area contributed by atoms with E-state index in [1.54, 1.807) is 0 Å². The minimum absolute atomic E-state index is 0. The zero-order chi connectivity index (χ0) is 21.5. The van der Waals surface area contributed by atoms with Gasteiger partial charge in [-0.1, -0.05) is 24.3 Å². The van der Waals surface area contributed by atoms with Crippen molar-refractivity contribution in [3.8, 4) is 11.5 Å². The number of nitrogens with two attached hydrogens (primary N) is 1. The molecule has 0 saturated carbocycles. The van der Waals surface area contributed by atoms with E-state index in [1.807, 2.05) is 66.9 Å². The summed E-state index contributed by atoms with van der Waals surface area (Å²) in [6.45, 7) is 4.56. The third-order valence-electron chi connectivity index (χ3n) is 5.15. The fraction of sp³-hybridized carbons (Fsp3) is 0.250. The number of rotatable bonds is 6. The number of piperazine rings is 1. The summed E-state index contributed by atoms with van der Waals surface area (Å²) in [7, 11) is 2.15. The highest BCUT2D eigenvalue weighted by Gasteiger charge is 2.15. The van der Waals surface area contributed by atoms with Gasteiger partial charge in [-0.25, -0.2) is 9.98 Å². The smallest absolute Gasteiger partial charge is 0.193 e. The van der Waals surface area contributed by atoms with Crippen molar-refractivity contribution in [3.63, 3.8) is 0 Å². The molecule has 32 heavy (non-hydrogen) atoms. The fourth-order valence-electron chi connectivity index (χ4n) is 3.39. The van der Waals surface area contributed by atoms with Crippen molar-refractivity contribution in [1.29, 1.82) is 0 Å². The number of nitrogens with zero attached hydrogens (tertiary/aromatic N) is 4. The van der Waals surface area contributed by atoms with E-state index in [-0.39, 0.29) is 24.0 Å². The molecule has 2 heterocycles. The molecule has 7 nitrogen and oxygen atoms in total. The standard InChI is InChI=1S/C24H28N6O.HI/c1-29-12-14-30(15-13-29)23-16-19(10-11-26-23)18-27-24(25)28-20-6-5-9-22(17-20)31-21-7-3-2-4-8-21;/h2-11,16-17H,12-15,18H2,1H3,(H3,25,27,28);1H. The van der Waals surface area contributed by atoms with Crippen molar-refractivity contribution in [3.05, 3.63) is 78.5 Å². The number of hydrogen-bond acceptors (Lipinski definition) is 5. The Bertz CT molecular complexity index is 1020. The Labute approximate surface area is 206 Å². The summed E-state index contributed by atoms with van der Waals surface area (Å²) in [6.07, 6.45) is 1.84. The maximum Gasteiger partial charge on any atom is 0.193 e. The Morgan fingerprint density at radius 2 is 1.75 bits per heavy atom. The predicted molar refractivity (Wildman–Crippen MR) is 141 cm³/mol. The number of aromatic nitrogens is 1. The van der Waals surface area contributed by atoms with Gasteiger partial charge in [0, 0.05) is 44.1 Å². The predicted octanol–water partition coefficient (Wildman–Crippen LogP) is 4.17. The van der Waals surface area contributed by atoms with Crippen LogP contribution >= 0.6 is 24.0 Å². The van der Waals surface area contributed by atoms with Gasteiger partial charge in [-0.3, -0.25) is 0 Å². The monoisotopic (exact) mass is 544 g/mol. The van der Waals surface area contributed by atoms with Crippen molar-refractivity contribution in [2.45, 2.75) is 6.54 Å². The highest BCUT2D eigenvalue weighted by atomic mass is 127. The van der Waals surface area contributed by atoms with E-state index < -0.39 is 0 Å². The highest BCUT2D eigenvalue weighted by molar-refractivity contribution is 14.0. The first kappa shape index (κ1) is 23.8. The molecule has 1 fully saturated rings. The lowest BCUT2D eigenvalue weighted by atomic mass is 10.2. The SMILES string of the molecule is CN1CCN(c2cc(CN=C(N)Nc3cccc(Oc4ccccc4)c3)ccn2)CC1.I. The molecule has 0 radical (unpaired) electrons. The third-order valence-corrected chi connectivity index (χ3v) is 5.15. The zero-order valence-corrected chi connectivity index (χ0v) is 20.5. The number of halogens is 1. The lowest BCUT2D eigenvalue weighted by Crippen LogP contribution is -2.44. The second kappa shape index (κ2) is 11.7. The summed E-state index contributed by atoms with van der Waals surface area (Å²) in [6, 6.07) is 21.4. The second-order valence-corrected chi connectivity index (χ2v) is 7.58. The number of pyridine rings is 1. The van der Waals surface area contributed by atoms with Crippen molar-refractivity contribution < 1.29 is 4.74 Å². The average molecular weight is 544 g/mol. The van der Waals surface area contributed by atoms with Crippen LogP contribution in [0.25, 0.3) is 0 Å². The number of aliphatic imine (C=N–C) groups is 1. The summed E-state index contributed by atoms with van der Waals surface area (Å²) in [5.41, 5.74) is 8.02. The molecule has 1 aliphatic rings. The molecular weight excluding hydrogens is 515 g/mol. The van der Waals surface area contributed by atoms with Gasteiger partial charge in [0.05, 0.1) is 6.54 Å². The lowest BCUT2D eigenvalue weighted by molar-refractivity contribution is 0.312. The maximum absolute atomic E-state index is 6.12. The van der Waals surface area contributed by atoms with Crippen LogP contribution in [0.15, 0.2) is 77.9 Å². The minimum Gasteiger partial charge on any atom is -0.457 e. The van der Waals surface area contributed by atoms with E-state index >= 15 is 0 Å². The molecule has 1 aromatic heterocycles. The Kier molecular flexibility index (Phi) is 8.69. The van der Waals surface area contributed by atoms with Gasteiger partial charge in [0.1, 0.15) is 17.3 Å². The molecule has 0 aliphatic carbocycles. The summed E-state index contributed by atoms with van der Waals surface area (Å²) in [4.78, 5) is 13.7. The Hall–Kier alpha value is -2.85. The summed E-state index contributed by atoms with van der Waals surface area (Å²) in [5.74, 6) is 2.87. The number of nitrogens with one attached hydrogen (secondary N) is 1. The maximum atomic E-state index is 6.12. The molecule has 8 heteroatoms. The Morgan fingerprint density at radius 1 is 1.00 bits per heavy atom. The molecule has 2 aromatic carbocycles. The number of likely N-dealkylation sites (N-methyl/N-ethyl adjacent to an activating group) is 1. The van der Waals surface area contributed by atoms with Crippen LogP contribution in [0.5, 0.6) is 11.5 Å². The van der Waals surface area contributed by atoms with Crippen LogP contribution in [0, 0.1) is 0 Å². The topological polar surface area (TPSA) is 79.0 Å². The number of para-hydroxylation sites is 1. The molecule has 0 amide bonds. The van der Waals surface area contributed by atoms with Gasteiger partial charge in [-0.2, -0.15) is 0 Å². The van der Waals surface area contributed by atoms with Crippen LogP contribution < -0.4 is 20.7 Å². The molecule has 0 unspecified atom stereocenters.